The molecule has 0 aliphatic carbocycles. The Morgan fingerprint density at radius 3 is 1.84 bits per heavy atom. The third-order valence-electron chi connectivity index (χ3n) is 4.85. The molecule has 0 spiro atoms. The zero-order valence-electron chi connectivity index (χ0n) is 18.3. The maximum Gasteiger partial charge on any atom is 0.296 e. The minimum Gasteiger partial charge on any atom is -0.507 e. The van der Waals surface area contributed by atoms with Crippen molar-refractivity contribution in [1.82, 2.24) is 15.0 Å². The maximum atomic E-state index is 11.8. The molecule has 0 bridgehead atoms. The van der Waals surface area contributed by atoms with Crippen molar-refractivity contribution in [1.29, 1.82) is 0 Å². The van der Waals surface area contributed by atoms with E-state index in [2.05, 4.69) is 25.6 Å². The van der Waals surface area contributed by atoms with Crippen LogP contribution in [0.1, 0.15) is 0 Å². The lowest BCUT2D eigenvalue weighted by Gasteiger charge is -2.14. The quantitative estimate of drug-likeness (QED) is 0.166. The summed E-state index contributed by atoms with van der Waals surface area (Å²) in [6.45, 7) is 0. The molecule has 4 rings (SSSR count). The van der Waals surface area contributed by atoms with Crippen LogP contribution in [0.25, 0.3) is 10.8 Å². The number of benzene rings is 3. The summed E-state index contributed by atoms with van der Waals surface area (Å²) in [6, 6.07) is 8.43. The molecular weight excluding hydrogens is 590 g/mol. The molecule has 1 heterocycles. The van der Waals surface area contributed by atoms with Gasteiger partial charge in [0.2, 0.25) is 17.2 Å². The van der Waals surface area contributed by atoms with Gasteiger partial charge >= 0.3 is 0 Å². The Morgan fingerprint density at radius 2 is 1.26 bits per heavy atom. The lowest BCUT2D eigenvalue weighted by molar-refractivity contribution is 0.479. The molecule has 200 valence electrons. The Hall–Kier alpha value is -3.65. The largest absolute Gasteiger partial charge is 0.507 e. The van der Waals surface area contributed by atoms with E-state index >= 15 is 0 Å². The Balaban J connectivity index is 1.83. The van der Waals surface area contributed by atoms with Gasteiger partial charge in [0, 0.05) is 5.39 Å². The Labute approximate surface area is 219 Å². The normalized spacial score (nSPS) is 12.4. The summed E-state index contributed by atoms with van der Waals surface area (Å²) in [5.74, 6) is -1.13. The molecule has 0 saturated heterocycles. The molecule has 38 heavy (non-hydrogen) atoms. The summed E-state index contributed by atoms with van der Waals surface area (Å²) in [5, 5.41) is 15.1. The van der Waals surface area contributed by atoms with Crippen molar-refractivity contribution >= 4 is 76.0 Å². The van der Waals surface area contributed by atoms with Crippen LogP contribution in [0.3, 0.4) is 0 Å². The van der Waals surface area contributed by atoms with Gasteiger partial charge in [0.15, 0.2) is 0 Å². The molecular formula is C19H14ClN5O10S3. The SMILES string of the molecule is O=S(=O)(O)c1ccc(S(=O)(=O)O)c(Nc2nc(Cl)nc(Nc3cc(S(=O)(=O)O)cc4cccc(O)c34)n2)c1. The van der Waals surface area contributed by atoms with Crippen molar-refractivity contribution in [2.75, 3.05) is 10.6 Å². The second kappa shape index (κ2) is 9.58. The number of nitrogens with zero attached hydrogens (tertiary/aromatic N) is 3. The smallest absolute Gasteiger partial charge is 0.296 e. The van der Waals surface area contributed by atoms with E-state index in [0.717, 1.165) is 18.2 Å². The Bertz CT molecular complexity index is 1930. The van der Waals surface area contributed by atoms with E-state index in [-0.39, 0.29) is 28.2 Å². The van der Waals surface area contributed by atoms with Crippen LogP contribution in [-0.2, 0) is 30.4 Å². The van der Waals surface area contributed by atoms with Crippen molar-refractivity contribution in [2.24, 2.45) is 0 Å². The molecule has 1 aromatic heterocycles. The van der Waals surface area contributed by atoms with Crippen LogP contribution in [0, 0.1) is 0 Å². The van der Waals surface area contributed by atoms with E-state index in [0.29, 0.717) is 12.1 Å². The van der Waals surface area contributed by atoms with Crippen LogP contribution in [0.4, 0.5) is 23.3 Å². The standard InChI is InChI=1S/C19H14ClN5O10S3/c20-17-23-18(21-12-7-10(36(27,28)29)4-5-15(12)38(33,34)35)25-19(24-17)22-13-8-11(37(30,31)32)6-9-2-1-3-14(26)16(9)13/h1-8,26H,(H,27,28,29)(H,30,31,32)(H,33,34,35)(H2,21,22,23,24,25). The lowest BCUT2D eigenvalue weighted by atomic mass is 10.1. The van der Waals surface area contributed by atoms with Gasteiger partial charge in [-0.25, -0.2) is 0 Å². The number of nitrogens with one attached hydrogen (secondary N) is 2. The summed E-state index contributed by atoms with van der Waals surface area (Å²) in [5.41, 5.74) is -0.652. The summed E-state index contributed by atoms with van der Waals surface area (Å²) in [6.07, 6.45) is 0. The number of phenolic OH excluding ortho intramolecular Hbond substituents is 1. The van der Waals surface area contributed by atoms with Gasteiger partial charge in [0.25, 0.3) is 30.4 Å². The minimum atomic E-state index is -4.90. The number of aromatic hydroxyl groups is 1. The minimum absolute atomic E-state index is 0.0894. The van der Waals surface area contributed by atoms with Crippen molar-refractivity contribution < 1.29 is 44.0 Å². The fourth-order valence-electron chi connectivity index (χ4n) is 3.32. The van der Waals surface area contributed by atoms with Crippen LogP contribution < -0.4 is 10.6 Å². The molecule has 15 nitrogen and oxygen atoms in total. The average molecular weight is 604 g/mol. The number of hydrogen-bond acceptors (Lipinski definition) is 12. The second-order valence-corrected chi connectivity index (χ2v) is 12.0. The molecule has 0 fully saturated rings. The highest BCUT2D eigenvalue weighted by Gasteiger charge is 2.21. The zero-order chi connectivity index (χ0) is 28.0. The molecule has 19 heteroatoms. The first-order chi connectivity index (χ1) is 17.5. The number of hydrogen-bond donors (Lipinski definition) is 6. The van der Waals surface area contributed by atoms with E-state index in [1.165, 1.54) is 18.2 Å². The van der Waals surface area contributed by atoms with Crippen LogP contribution in [0.5, 0.6) is 5.75 Å². The molecule has 0 radical (unpaired) electrons. The van der Waals surface area contributed by atoms with Crippen molar-refractivity contribution in [2.45, 2.75) is 14.7 Å². The number of fused-ring (bicyclic) bond motifs is 1. The second-order valence-electron chi connectivity index (χ2n) is 7.43. The first-order valence-electron chi connectivity index (χ1n) is 9.80. The molecule has 4 aromatic rings. The topological polar surface area (TPSA) is 246 Å². The zero-order valence-corrected chi connectivity index (χ0v) is 21.5. The molecule has 0 unspecified atom stereocenters. The third kappa shape index (κ3) is 5.91. The lowest BCUT2D eigenvalue weighted by Crippen LogP contribution is -2.09. The van der Waals surface area contributed by atoms with Gasteiger partial charge in [-0.15, -0.1) is 0 Å². The molecule has 0 aliphatic rings. The summed E-state index contributed by atoms with van der Waals surface area (Å²) in [7, 11) is -14.4. The molecule has 6 N–H and O–H groups in total. The van der Waals surface area contributed by atoms with Gasteiger partial charge in [-0.3, -0.25) is 13.7 Å². The number of anilines is 4. The van der Waals surface area contributed by atoms with E-state index < -0.39 is 62.0 Å². The summed E-state index contributed by atoms with van der Waals surface area (Å²) in [4.78, 5) is 9.46. The van der Waals surface area contributed by atoms with Crippen molar-refractivity contribution in [3.8, 4) is 5.75 Å². The van der Waals surface area contributed by atoms with E-state index in [1.807, 2.05) is 0 Å². The van der Waals surface area contributed by atoms with Gasteiger partial charge in [-0.05, 0) is 53.4 Å². The van der Waals surface area contributed by atoms with Crippen molar-refractivity contribution in [3.05, 3.63) is 53.8 Å². The highest BCUT2D eigenvalue weighted by atomic mass is 35.5. The number of rotatable bonds is 7. The number of halogens is 1. The van der Waals surface area contributed by atoms with E-state index in [1.54, 1.807) is 0 Å². The third-order valence-corrected chi connectivity index (χ3v) is 7.62. The van der Waals surface area contributed by atoms with Crippen LogP contribution in [-0.4, -0.2) is 59.0 Å². The summed E-state index contributed by atoms with van der Waals surface area (Å²) >= 11 is 5.94. The summed E-state index contributed by atoms with van der Waals surface area (Å²) < 4.78 is 98.4. The van der Waals surface area contributed by atoms with Gasteiger partial charge in [-0.2, -0.15) is 40.2 Å². The fourth-order valence-corrected chi connectivity index (χ4v) is 5.16. The molecule has 0 amide bonds. The van der Waals surface area contributed by atoms with Gasteiger partial charge in [0.05, 0.1) is 21.2 Å². The fraction of sp³-hybridized carbons (Fsp3) is 0. The predicted octanol–water partition coefficient (Wildman–Crippen LogP) is 2.61. The average Bonchev–Trinajstić information content (AvgIpc) is 2.76. The van der Waals surface area contributed by atoms with Crippen molar-refractivity contribution in [3.63, 3.8) is 0 Å². The molecule has 0 saturated carbocycles. The Morgan fingerprint density at radius 1 is 0.684 bits per heavy atom. The highest BCUT2D eigenvalue weighted by molar-refractivity contribution is 7.86. The van der Waals surface area contributed by atoms with Gasteiger partial charge < -0.3 is 15.7 Å². The monoisotopic (exact) mass is 603 g/mol. The van der Waals surface area contributed by atoms with E-state index in [9.17, 15) is 44.0 Å². The number of phenols is 1. The van der Waals surface area contributed by atoms with E-state index in [4.69, 9.17) is 11.6 Å². The van der Waals surface area contributed by atoms with Gasteiger partial charge in [-0.1, -0.05) is 12.1 Å². The predicted molar refractivity (Wildman–Crippen MR) is 133 cm³/mol. The molecule has 0 atom stereocenters. The van der Waals surface area contributed by atoms with Crippen LogP contribution in [0.15, 0.2) is 63.2 Å². The Kier molecular flexibility index (Phi) is 6.91. The maximum absolute atomic E-state index is 11.8. The van der Waals surface area contributed by atoms with Gasteiger partial charge in [0.1, 0.15) is 10.6 Å². The highest BCUT2D eigenvalue weighted by Crippen LogP contribution is 2.36. The number of aromatic nitrogens is 3. The first-order valence-corrected chi connectivity index (χ1v) is 14.5. The van der Waals surface area contributed by atoms with Crippen LogP contribution >= 0.6 is 11.6 Å². The molecule has 0 aliphatic heterocycles. The van der Waals surface area contributed by atoms with Crippen LogP contribution in [0.2, 0.25) is 5.28 Å². The molecule has 3 aromatic carbocycles. The first kappa shape index (κ1) is 27.4.